The SMILES string of the molecule is COC(=O)CC(O)(CCO)C(=O)OC. The van der Waals surface area contributed by atoms with E-state index in [0.717, 1.165) is 14.2 Å². The lowest BCUT2D eigenvalue weighted by atomic mass is 9.96. The molecule has 0 radical (unpaired) electrons. The predicted octanol–water partition coefficient (Wildman–Crippen LogP) is -1.16. The first kappa shape index (κ1) is 12.9. The molecule has 1 unspecified atom stereocenters. The minimum Gasteiger partial charge on any atom is -0.469 e. The molecule has 0 aliphatic heterocycles. The second-order valence-electron chi connectivity index (χ2n) is 2.75. The van der Waals surface area contributed by atoms with Crippen molar-refractivity contribution in [2.45, 2.75) is 18.4 Å². The number of aliphatic hydroxyl groups is 2. The van der Waals surface area contributed by atoms with Gasteiger partial charge in [0.15, 0.2) is 5.60 Å². The molecule has 0 heterocycles. The molecule has 0 aliphatic rings. The summed E-state index contributed by atoms with van der Waals surface area (Å²) in [5.41, 5.74) is -2.00. The number of hydrogen-bond acceptors (Lipinski definition) is 6. The molecule has 6 heteroatoms. The summed E-state index contributed by atoms with van der Waals surface area (Å²) in [6.45, 7) is -0.428. The Balaban J connectivity index is 4.54. The van der Waals surface area contributed by atoms with Crippen molar-refractivity contribution in [3.8, 4) is 0 Å². The maximum Gasteiger partial charge on any atom is 0.338 e. The Morgan fingerprint density at radius 1 is 1.29 bits per heavy atom. The monoisotopic (exact) mass is 206 g/mol. The van der Waals surface area contributed by atoms with Crippen LogP contribution in [0.2, 0.25) is 0 Å². The first-order chi connectivity index (χ1) is 6.50. The lowest BCUT2D eigenvalue weighted by molar-refractivity contribution is -0.170. The number of aliphatic hydroxyl groups excluding tert-OH is 1. The summed E-state index contributed by atoms with van der Waals surface area (Å²) >= 11 is 0. The quantitative estimate of drug-likeness (QED) is 0.551. The van der Waals surface area contributed by atoms with Crippen molar-refractivity contribution in [2.24, 2.45) is 0 Å². The molecule has 1 atom stereocenters. The normalized spacial score (nSPS) is 14.3. The van der Waals surface area contributed by atoms with Gasteiger partial charge in [0.2, 0.25) is 0 Å². The van der Waals surface area contributed by atoms with Gasteiger partial charge in [-0.05, 0) is 0 Å². The third-order valence-corrected chi connectivity index (χ3v) is 1.76. The van der Waals surface area contributed by atoms with Crippen molar-refractivity contribution in [1.29, 1.82) is 0 Å². The van der Waals surface area contributed by atoms with Gasteiger partial charge in [0.1, 0.15) is 0 Å². The molecule has 0 saturated heterocycles. The molecule has 0 amide bonds. The average molecular weight is 206 g/mol. The zero-order chi connectivity index (χ0) is 11.2. The van der Waals surface area contributed by atoms with Crippen LogP contribution in [0.5, 0.6) is 0 Å². The van der Waals surface area contributed by atoms with E-state index in [1.807, 2.05) is 0 Å². The van der Waals surface area contributed by atoms with E-state index >= 15 is 0 Å². The molecule has 0 fully saturated rings. The van der Waals surface area contributed by atoms with Gasteiger partial charge in [0.25, 0.3) is 0 Å². The highest BCUT2D eigenvalue weighted by Crippen LogP contribution is 2.17. The van der Waals surface area contributed by atoms with Crippen LogP contribution in [0.1, 0.15) is 12.8 Å². The van der Waals surface area contributed by atoms with Crippen molar-refractivity contribution >= 4 is 11.9 Å². The van der Waals surface area contributed by atoms with Crippen molar-refractivity contribution in [3.63, 3.8) is 0 Å². The summed E-state index contributed by atoms with van der Waals surface area (Å²) in [6.07, 6.45) is -0.800. The van der Waals surface area contributed by atoms with E-state index in [0.29, 0.717) is 0 Å². The Hall–Kier alpha value is -1.14. The number of carbonyl (C=O) groups excluding carboxylic acids is 2. The number of carbonyl (C=O) groups is 2. The van der Waals surface area contributed by atoms with Crippen molar-refractivity contribution in [1.82, 2.24) is 0 Å². The number of rotatable bonds is 5. The van der Waals surface area contributed by atoms with E-state index in [-0.39, 0.29) is 6.42 Å². The molecular weight excluding hydrogens is 192 g/mol. The maximum absolute atomic E-state index is 11.1. The van der Waals surface area contributed by atoms with Gasteiger partial charge in [-0.1, -0.05) is 0 Å². The molecule has 82 valence electrons. The zero-order valence-corrected chi connectivity index (χ0v) is 8.15. The lowest BCUT2D eigenvalue weighted by Gasteiger charge is -2.22. The van der Waals surface area contributed by atoms with Gasteiger partial charge >= 0.3 is 11.9 Å². The van der Waals surface area contributed by atoms with E-state index in [4.69, 9.17) is 5.11 Å². The molecule has 0 spiro atoms. The molecule has 0 aliphatic carbocycles. The summed E-state index contributed by atoms with van der Waals surface area (Å²) < 4.78 is 8.60. The number of esters is 2. The minimum absolute atomic E-state index is 0.269. The minimum atomic E-state index is -2.00. The molecule has 14 heavy (non-hydrogen) atoms. The molecule has 0 saturated carbocycles. The van der Waals surface area contributed by atoms with Gasteiger partial charge in [-0.3, -0.25) is 4.79 Å². The lowest BCUT2D eigenvalue weighted by Crippen LogP contribution is -2.42. The highest BCUT2D eigenvalue weighted by Gasteiger charge is 2.39. The fraction of sp³-hybridized carbons (Fsp3) is 0.750. The average Bonchev–Trinajstić information content (AvgIpc) is 2.16. The molecule has 0 aromatic rings. The van der Waals surface area contributed by atoms with E-state index in [9.17, 15) is 14.7 Å². The largest absolute Gasteiger partial charge is 0.469 e. The Morgan fingerprint density at radius 3 is 2.21 bits per heavy atom. The van der Waals surface area contributed by atoms with Crippen LogP contribution in [0.15, 0.2) is 0 Å². The van der Waals surface area contributed by atoms with Gasteiger partial charge in [-0.2, -0.15) is 0 Å². The van der Waals surface area contributed by atoms with Crippen molar-refractivity contribution in [2.75, 3.05) is 20.8 Å². The molecular formula is C8H14O6. The molecule has 6 nitrogen and oxygen atoms in total. The van der Waals surface area contributed by atoms with Crippen LogP contribution in [0, 0.1) is 0 Å². The highest BCUT2D eigenvalue weighted by molar-refractivity contribution is 5.85. The summed E-state index contributed by atoms with van der Waals surface area (Å²) in [4.78, 5) is 21.9. The van der Waals surface area contributed by atoms with Crippen LogP contribution in [0.3, 0.4) is 0 Å². The molecule has 0 bridgehead atoms. The molecule has 2 N–H and O–H groups in total. The first-order valence-electron chi connectivity index (χ1n) is 3.98. The van der Waals surface area contributed by atoms with Gasteiger partial charge in [0, 0.05) is 13.0 Å². The smallest absolute Gasteiger partial charge is 0.338 e. The molecule has 0 aromatic heterocycles. The number of ether oxygens (including phenoxy) is 2. The Bertz CT molecular complexity index is 214. The summed E-state index contributed by atoms with van der Waals surface area (Å²) in [5, 5.41) is 18.3. The second kappa shape index (κ2) is 5.56. The number of hydrogen-bond donors (Lipinski definition) is 2. The van der Waals surface area contributed by atoms with E-state index in [1.165, 1.54) is 0 Å². The zero-order valence-electron chi connectivity index (χ0n) is 8.15. The molecule has 0 aromatic carbocycles. The molecule has 0 rings (SSSR count). The van der Waals surface area contributed by atoms with Crippen molar-refractivity contribution in [3.05, 3.63) is 0 Å². The van der Waals surface area contributed by atoms with Crippen LogP contribution >= 0.6 is 0 Å². The third kappa shape index (κ3) is 3.31. The van der Waals surface area contributed by atoms with E-state index < -0.39 is 30.6 Å². The summed E-state index contributed by atoms with van der Waals surface area (Å²) in [7, 11) is 2.22. The maximum atomic E-state index is 11.1. The Morgan fingerprint density at radius 2 is 1.86 bits per heavy atom. The standard InChI is InChI=1S/C8H14O6/c1-13-6(10)5-8(12,3-4-9)7(11)14-2/h9,12H,3-5H2,1-2H3. The predicted molar refractivity (Wildman–Crippen MR) is 45.3 cm³/mol. The van der Waals surface area contributed by atoms with Gasteiger partial charge < -0.3 is 19.7 Å². The third-order valence-electron chi connectivity index (χ3n) is 1.76. The van der Waals surface area contributed by atoms with Crippen LogP contribution in [-0.2, 0) is 19.1 Å². The van der Waals surface area contributed by atoms with Gasteiger partial charge in [-0.15, -0.1) is 0 Å². The second-order valence-corrected chi connectivity index (χ2v) is 2.75. The highest BCUT2D eigenvalue weighted by atomic mass is 16.5. The summed E-state index contributed by atoms with van der Waals surface area (Å²) in [6, 6.07) is 0. The topological polar surface area (TPSA) is 93.1 Å². The Labute approximate surface area is 81.4 Å². The summed E-state index contributed by atoms with van der Waals surface area (Å²) in [5.74, 6) is -1.71. The van der Waals surface area contributed by atoms with Gasteiger partial charge in [-0.25, -0.2) is 4.79 Å². The number of methoxy groups -OCH3 is 2. The van der Waals surface area contributed by atoms with Crippen LogP contribution in [-0.4, -0.2) is 48.6 Å². The fourth-order valence-electron chi connectivity index (χ4n) is 0.949. The van der Waals surface area contributed by atoms with Crippen LogP contribution in [0.4, 0.5) is 0 Å². The van der Waals surface area contributed by atoms with Gasteiger partial charge in [0.05, 0.1) is 20.6 Å². The van der Waals surface area contributed by atoms with Crippen LogP contribution < -0.4 is 0 Å². The van der Waals surface area contributed by atoms with Crippen molar-refractivity contribution < 1.29 is 29.3 Å². The van der Waals surface area contributed by atoms with E-state index in [2.05, 4.69) is 9.47 Å². The first-order valence-corrected chi connectivity index (χ1v) is 3.98. The van der Waals surface area contributed by atoms with Crippen LogP contribution in [0.25, 0.3) is 0 Å². The van der Waals surface area contributed by atoms with E-state index in [1.54, 1.807) is 0 Å². The fourth-order valence-corrected chi connectivity index (χ4v) is 0.949. The Kier molecular flexibility index (Phi) is 5.11.